The summed E-state index contributed by atoms with van der Waals surface area (Å²) in [6, 6.07) is 3.66. The van der Waals surface area contributed by atoms with Gasteiger partial charge in [-0.1, -0.05) is 0 Å². The van der Waals surface area contributed by atoms with Crippen molar-refractivity contribution < 1.29 is 18.3 Å². The molecule has 1 fully saturated rings. The molecule has 1 aromatic rings. The maximum absolute atomic E-state index is 13.5. The van der Waals surface area contributed by atoms with E-state index in [9.17, 15) is 13.6 Å². The van der Waals surface area contributed by atoms with Crippen LogP contribution in [-0.2, 0) is 16.1 Å². The Hall–Kier alpha value is -1.53. The minimum Gasteiger partial charge on any atom is -0.375 e. The number of carbonyl (C=O) groups is 1. The summed E-state index contributed by atoms with van der Waals surface area (Å²) in [5.41, 5.74) is 0.327. The Balaban J connectivity index is 1.79. The molecule has 1 aliphatic heterocycles. The Kier molecular flexibility index (Phi) is 5.64. The minimum absolute atomic E-state index is 0.00729. The number of ether oxygens (including phenoxy) is 1. The molecule has 0 aliphatic carbocycles. The minimum atomic E-state index is -0.437. The van der Waals surface area contributed by atoms with Crippen molar-refractivity contribution in [1.82, 2.24) is 10.2 Å². The Morgan fingerprint density at radius 1 is 1.38 bits per heavy atom. The number of hydrogen-bond donors (Lipinski definition) is 1. The van der Waals surface area contributed by atoms with Crippen LogP contribution in [0.1, 0.15) is 18.4 Å². The fourth-order valence-electron chi connectivity index (χ4n) is 2.48. The highest BCUT2D eigenvalue weighted by atomic mass is 19.1. The fourth-order valence-corrected chi connectivity index (χ4v) is 2.48. The van der Waals surface area contributed by atoms with E-state index in [0.717, 1.165) is 25.0 Å². The number of carbonyl (C=O) groups excluding carboxylic acids is 1. The second kappa shape index (κ2) is 7.47. The van der Waals surface area contributed by atoms with Gasteiger partial charge in [0.15, 0.2) is 0 Å². The second-order valence-electron chi connectivity index (χ2n) is 5.20. The molecule has 1 amide bonds. The Bertz CT molecular complexity index is 489. The first-order chi connectivity index (χ1) is 10.1. The van der Waals surface area contributed by atoms with E-state index in [4.69, 9.17) is 4.74 Å². The summed E-state index contributed by atoms with van der Waals surface area (Å²) in [4.78, 5) is 13.4. The highest BCUT2D eigenvalue weighted by Gasteiger charge is 2.22. The van der Waals surface area contributed by atoms with Crippen LogP contribution < -0.4 is 5.32 Å². The van der Waals surface area contributed by atoms with Gasteiger partial charge >= 0.3 is 0 Å². The summed E-state index contributed by atoms with van der Waals surface area (Å²) in [7, 11) is 1.50. The van der Waals surface area contributed by atoms with Gasteiger partial charge in [-0.05, 0) is 31.0 Å². The topological polar surface area (TPSA) is 41.6 Å². The van der Waals surface area contributed by atoms with Crippen molar-refractivity contribution >= 4 is 5.91 Å². The maximum atomic E-state index is 13.5. The number of nitrogens with one attached hydrogen (secondary N) is 1. The van der Waals surface area contributed by atoms with Crippen molar-refractivity contribution in [2.45, 2.75) is 25.4 Å². The normalized spacial score (nSPS) is 16.2. The summed E-state index contributed by atoms with van der Waals surface area (Å²) in [5.74, 6) is -0.850. The first kappa shape index (κ1) is 15.9. The van der Waals surface area contributed by atoms with E-state index in [-0.39, 0.29) is 18.6 Å². The van der Waals surface area contributed by atoms with Crippen molar-refractivity contribution in [2.24, 2.45) is 0 Å². The van der Waals surface area contributed by atoms with Crippen molar-refractivity contribution in [1.29, 1.82) is 0 Å². The molecule has 1 aliphatic rings. The number of rotatable bonds is 5. The third kappa shape index (κ3) is 4.47. The van der Waals surface area contributed by atoms with Gasteiger partial charge in [0.2, 0.25) is 5.91 Å². The molecule has 6 heteroatoms. The molecule has 0 aromatic heterocycles. The lowest BCUT2D eigenvalue weighted by Gasteiger charge is -2.32. The van der Waals surface area contributed by atoms with Crippen LogP contribution in [0.3, 0.4) is 0 Å². The zero-order chi connectivity index (χ0) is 15.2. The van der Waals surface area contributed by atoms with E-state index in [1.807, 2.05) is 0 Å². The lowest BCUT2D eigenvalue weighted by molar-refractivity contribution is -0.136. The number of methoxy groups -OCH3 is 1. The summed E-state index contributed by atoms with van der Waals surface area (Å²) in [5, 5.41) is 3.22. The molecular formula is C15H20F2N2O2. The molecule has 1 saturated heterocycles. The van der Waals surface area contributed by atoms with Crippen molar-refractivity contribution in [3.05, 3.63) is 35.4 Å². The molecule has 21 heavy (non-hydrogen) atoms. The van der Waals surface area contributed by atoms with Crippen LogP contribution in [0.2, 0.25) is 0 Å². The standard InChI is InChI=1S/C15H20F2N2O2/c1-21-10-15(20)19-6-4-13(5-7-19)18-9-11-8-12(16)2-3-14(11)17/h2-3,8,13,18H,4-7,9-10H2,1H3. The van der Waals surface area contributed by atoms with Gasteiger partial charge in [0.1, 0.15) is 18.2 Å². The van der Waals surface area contributed by atoms with Gasteiger partial charge in [0.25, 0.3) is 0 Å². The van der Waals surface area contributed by atoms with Gasteiger partial charge in [0, 0.05) is 38.3 Å². The molecule has 116 valence electrons. The van der Waals surface area contributed by atoms with Gasteiger partial charge < -0.3 is 15.0 Å². The Labute approximate surface area is 123 Å². The van der Waals surface area contributed by atoms with E-state index in [1.54, 1.807) is 4.90 Å². The smallest absolute Gasteiger partial charge is 0.248 e. The summed E-state index contributed by atoms with van der Waals surface area (Å²) in [6.07, 6.45) is 1.60. The summed E-state index contributed by atoms with van der Waals surface area (Å²) >= 11 is 0. The molecular weight excluding hydrogens is 278 g/mol. The lowest BCUT2D eigenvalue weighted by Crippen LogP contribution is -2.45. The van der Waals surface area contributed by atoms with Crippen LogP contribution in [0.15, 0.2) is 18.2 Å². The molecule has 0 atom stereocenters. The summed E-state index contributed by atoms with van der Waals surface area (Å²) < 4.78 is 31.4. The Morgan fingerprint density at radius 2 is 2.10 bits per heavy atom. The molecule has 0 radical (unpaired) electrons. The quantitative estimate of drug-likeness (QED) is 0.899. The Morgan fingerprint density at radius 3 is 2.76 bits per heavy atom. The van der Waals surface area contributed by atoms with Crippen LogP contribution >= 0.6 is 0 Å². The van der Waals surface area contributed by atoms with Gasteiger partial charge in [-0.3, -0.25) is 4.79 Å². The molecule has 1 aromatic carbocycles. The first-order valence-corrected chi connectivity index (χ1v) is 7.04. The zero-order valence-corrected chi connectivity index (χ0v) is 12.1. The van der Waals surface area contributed by atoms with Gasteiger partial charge in [-0.2, -0.15) is 0 Å². The molecule has 0 spiro atoms. The largest absolute Gasteiger partial charge is 0.375 e. The molecule has 0 saturated carbocycles. The molecule has 0 bridgehead atoms. The van der Waals surface area contributed by atoms with E-state index >= 15 is 0 Å². The molecule has 1 heterocycles. The van der Waals surface area contributed by atoms with Crippen LogP contribution in [0.5, 0.6) is 0 Å². The number of hydrogen-bond acceptors (Lipinski definition) is 3. The highest BCUT2D eigenvalue weighted by molar-refractivity contribution is 5.77. The third-order valence-electron chi connectivity index (χ3n) is 3.70. The lowest BCUT2D eigenvalue weighted by atomic mass is 10.0. The van der Waals surface area contributed by atoms with Crippen LogP contribution in [0, 0.1) is 11.6 Å². The van der Waals surface area contributed by atoms with Gasteiger partial charge in [-0.15, -0.1) is 0 Å². The fraction of sp³-hybridized carbons (Fsp3) is 0.533. The predicted molar refractivity (Wildman–Crippen MR) is 74.7 cm³/mol. The average Bonchev–Trinajstić information content (AvgIpc) is 2.49. The number of nitrogens with zero attached hydrogens (tertiary/aromatic N) is 1. The van der Waals surface area contributed by atoms with Crippen LogP contribution in [0.25, 0.3) is 0 Å². The van der Waals surface area contributed by atoms with Crippen molar-refractivity contribution in [2.75, 3.05) is 26.8 Å². The maximum Gasteiger partial charge on any atom is 0.248 e. The second-order valence-corrected chi connectivity index (χ2v) is 5.20. The SMILES string of the molecule is COCC(=O)N1CCC(NCc2cc(F)ccc2F)CC1. The molecule has 1 N–H and O–H groups in total. The number of amides is 1. The monoisotopic (exact) mass is 298 g/mol. The zero-order valence-electron chi connectivity index (χ0n) is 12.1. The highest BCUT2D eigenvalue weighted by Crippen LogP contribution is 2.13. The number of piperidine rings is 1. The molecule has 4 nitrogen and oxygen atoms in total. The van der Waals surface area contributed by atoms with Gasteiger partial charge in [0.05, 0.1) is 0 Å². The predicted octanol–water partition coefficient (Wildman–Crippen LogP) is 1.69. The van der Waals surface area contributed by atoms with Crippen molar-refractivity contribution in [3.8, 4) is 0 Å². The van der Waals surface area contributed by atoms with Gasteiger partial charge in [-0.25, -0.2) is 8.78 Å². The van der Waals surface area contributed by atoms with Crippen LogP contribution in [-0.4, -0.2) is 43.7 Å². The number of halogens is 2. The van der Waals surface area contributed by atoms with E-state index in [0.29, 0.717) is 25.2 Å². The van der Waals surface area contributed by atoms with E-state index < -0.39 is 11.6 Å². The average molecular weight is 298 g/mol. The molecule has 2 rings (SSSR count). The molecule has 0 unspecified atom stereocenters. The third-order valence-corrected chi connectivity index (χ3v) is 3.70. The number of likely N-dealkylation sites (tertiary alicyclic amines) is 1. The van der Waals surface area contributed by atoms with E-state index in [1.165, 1.54) is 13.2 Å². The van der Waals surface area contributed by atoms with E-state index in [2.05, 4.69) is 5.32 Å². The summed E-state index contributed by atoms with van der Waals surface area (Å²) in [6.45, 7) is 1.71. The first-order valence-electron chi connectivity index (χ1n) is 7.04. The number of benzene rings is 1. The van der Waals surface area contributed by atoms with Crippen LogP contribution in [0.4, 0.5) is 8.78 Å². The van der Waals surface area contributed by atoms with Crippen molar-refractivity contribution in [3.63, 3.8) is 0 Å².